The van der Waals surface area contributed by atoms with Crippen LogP contribution in [-0.2, 0) is 29.0 Å². The predicted octanol–water partition coefficient (Wildman–Crippen LogP) is 4.44. The minimum atomic E-state index is -2.49. The SMILES string of the molecule is CC(C)c1cccc(-c2ccc(N(C3CCCc4c3cnn4CC(=O)O)S(=O)[O-])cc2)c1. The third-order valence-electron chi connectivity index (χ3n) is 5.97. The van der Waals surface area contributed by atoms with Crippen LogP contribution in [0.3, 0.4) is 0 Å². The summed E-state index contributed by atoms with van der Waals surface area (Å²) in [6.07, 6.45) is 3.70. The molecular formula is C24H26N3O4S-. The number of hydrogen-bond acceptors (Lipinski definition) is 4. The maximum atomic E-state index is 12.3. The van der Waals surface area contributed by atoms with Gasteiger partial charge in [-0.25, -0.2) is 0 Å². The van der Waals surface area contributed by atoms with E-state index < -0.39 is 23.3 Å². The van der Waals surface area contributed by atoms with E-state index in [9.17, 15) is 13.6 Å². The van der Waals surface area contributed by atoms with E-state index in [1.165, 1.54) is 14.6 Å². The summed E-state index contributed by atoms with van der Waals surface area (Å²) in [5.41, 5.74) is 5.50. The van der Waals surface area contributed by atoms with Crippen molar-refractivity contribution in [2.75, 3.05) is 4.31 Å². The lowest BCUT2D eigenvalue weighted by molar-refractivity contribution is -0.137. The fraction of sp³-hybridized carbons (Fsp3) is 0.333. The van der Waals surface area contributed by atoms with Gasteiger partial charge in [0.25, 0.3) is 0 Å². The molecular weight excluding hydrogens is 426 g/mol. The van der Waals surface area contributed by atoms with Crippen LogP contribution in [0.25, 0.3) is 11.1 Å². The number of aliphatic carboxylic acids is 1. The summed E-state index contributed by atoms with van der Waals surface area (Å²) in [6.45, 7) is 4.08. The molecule has 3 aromatic rings. The van der Waals surface area contributed by atoms with Crippen LogP contribution in [0.2, 0.25) is 0 Å². The van der Waals surface area contributed by atoms with Crippen LogP contribution in [0.15, 0.2) is 54.7 Å². The zero-order valence-electron chi connectivity index (χ0n) is 18.1. The third kappa shape index (κ3) is 4.47. The van der Waals surface area contributed by atoms with Crippen LogP contribution >= 0.6 is 0 Å². The number of fused-ring (bicyclic) bond motifs is 1. The van der Waals surface area contributed by atoms with Crippen molar-refractivity contribution < 1.29 is 18.7 Å². The lowest BCUT2D eigenvalue weighted by Gasteiger charge is -2.37. The van der Waals surface area contributed by atoms with Crippen LogP contribution in [-0.4, -0.2) is 29.6 Å². The number of carbonyl (C=O) groups is 1. The molecule has 0 amide bonds. The maximum Gasteiger partial charge on any atom is 0.325 e. The predicted molar refractivity (Wildman–Crippen MR) is 123 cm³/mol. The van der Waals surface area contributed by atoms with Gasteiger partial charge in [0.15, 0.2) is 0 Å². The Balaban J connectivity index is 1.65. The van der Waals surface area contributed by atoms with Crippen LogP contribution < -0.4 is 4.31 Å². The molecule has 2 aromatic carbocycles. The summed E-state index contributed by atoms with van der Waals surface area (Å²) in [7, 11) is 0. The van der Waals surface area contributed by atoms with Crippen molar-refractivity contribution in [1.29, 1.82) is 0 Å². The van der Waals surface area contributed by atoms with Gasteiger partial charge in [0, 0.05) is 28.2 Å². The first-order valence-corrected chi connectivity index (χ1v) is 11.7. The van der Waals surface area contributed by atoms with E-state index >= 15 is 0 Å². The first-order chi connectivity index (χ1) is 15.3. The van der Waals surface area contributed by atoms with Gasteiger partial charge in [0.2, 0.25) is 0 Å². The maximum absolute atomic E-state index is 12.3. The first kappa shape index (κ1) is 22.2. The number of nitrogens with zero attached hydrogens (tertiary/aromatic N) is 3. The number of benzene rings is 2. The largest absolute Gasteiger partial charge is 0.755 e. The van der Waals surface area contributed by atoms with Crippen molar-refractivity contribution in [3.63, 3.8) is 0 Å². The lowest BCUT2D eigenvalue weighted by Crippen LogP contribution is -2.33. The van der Waals surface area contributed by atoms with Gasteiger partial charge in [-0.15, -0.1) is 0 Å². The molecule has 8 heteroatoms. The minimum Gasteiger partial charge on any atom is -0.755 e. The lowest BCUT2D eigenvalue weighted by atomic mass is 9.92. The highest BCUT2D eigenvalue weighted by atomic mass is 32.2. The van der Waals surface area contributed by atoms with E-state index in [2.05, 4.69) is 37.1 Å². The molecule has 1 aromatic heterocycles. The summed E-state index contributed by atoms with van der Waals surface area (Å²) in [5.74, 6) is -0.547. The second kappa shape index (κ2) is 9.26. The quantitative estimate of drug-likeness (QED) is 0.535. The second-order valence-electron chi connectivity index (χ2n) is 8.38. The Morgan fingerprint density at radius 1 is 1.25 bits per heavy atom. The Bertz CT molecular complexity index is 1140. The summed E-state index contributed by atoms with van der Waals surface area (Å²) >= 11 is -2.49. The molecule has 1 aliphatic carbocycles. The number of aromatic nitrogens is 2. The summed E-state index contributed by atoms with van der Waals surface area (Å²) in [4.78, 5) is 11.1. The molecule has 0 bridgehead atoms. The van der Waals surface area contributed by atoms with Crippen molar-refractivity contribution in [1.82, 2.24) is 9.78 Å². The van der Waals surface area contributed by atoms with Crippen molar-refractivity contribution in [2.24, 2.45) is 0 Å². The Hall–Kier alpha value is -2.97. The monoisotopic (exact) mass is 452 g/mol. The molecule has 0 spiro atoms. The Morgan fingerprint density at radius 3 is 2.66 bits per heavy atom. The molecule has 1 aliphatic rings. The Kier molecular flexibility index (Phi) is 6.43. The Labute approximate surface area is 190 Å². The normalized spacial score (nSPS) is 16.6. The van der Waals surface area contributed by atoms with Gasteiger partial charge in [-0.1, -0.05) is 50.2 Å². The molecule has 0 saturated heterocycles. The van der Waals surface area contributed by atoms with Crippen molar-refractivity contribution in [3.8, 4) is 11.1 Å². The second-order valence-corrected chi connectivity index (χ2v) is 9.20. The molecule has 2 atom stereocenters. The van der Waals surface area contributed by atoms with E-state index in [1.54, 1.807) is 6.20 Å². The summed E-state index contributed by atoms with van der Waals surface area (Å²) in [5, 5.41) is 13.3. The fourth-order valence-corrected chi connectivity index (χ4v) is 5.07. The Morgan fingerprint density at radius 2 is 2.00 bits per heavy atom. The van der Waals surface area contributed by atoms with E-state index in [0.717, 1.165) is 28.8 Å². The van der Waals surface area contributed by atoms with E-state index in [4.69, 9.17) is 5.11 Å². The molecule has 0 fully saturated rings. The zero-order valence-corrected chi connectivity index (χ0v) is 18.9. The van der Waals surface area contributed by atoms with E-state index in [0.29, 0.717) is 24.4 Å². The number of carboxylic acid groups (broad SMARTS) is 1. The van der Waals surface area contributed by atoms with E-state index in [1.807, 2.05) is 30.3 Å². The van der Waals surface area contributed by atoms with Gasteiger partial charge in [0.1, 0.15) is 6.54 Å². The van der Waals surface area contributed by atoms with Gasteiger partial charge in [-0.2, -0.15) is 5.10 Å². The topological polar surface area (TPSA) is 98.5 Å². The van der Waals surface area contributed by atoms with Gasteiger partial charge in [-0.3, -0.25) is 18.0 Å². The molecule has 168 valence electrons. The van der Waals surface area contributed by atoms with Gasteiger partial charge >= 0.3 is 5.97 Å². The van der Waals surface area contributed by atoms with Gasteiger partial charge in [-0.05, 0) is 54.0 Å². The highest BCUT2D eigenvalue weighted by Gasteiger charge is 2.30. The average Bonchev–Trinajstić information content (AvgIpc) is 3.17. The van der Waals surface area contributed by atoms with Crippen LogP contribution in [0.4, 0.5) is 5.69 Å². The highest BCUT2D eigenvalue weighted by molar-refractivity contribution is 7.80. The van der Waals surface area contributed by atoms with Crippen molar-refractivity contribution in [2.45, 2.75) is 51.6 Å². The third-order valence-corrected chi connectivity index (χ3v) is 6.75. The highest BCUT2D eigenvalue weighted by Crippen LogP contribution is 2.38. The summed E-state index contributed by atoms with van der Waals surface area (Å²) in [6, 6.07) is 15.5. The number of anilines is 1. The first-order valence-electron chi connectivity index (χ1n) is 10.7. The van der Waals surface area contributed by atoms with E-state index in [-0.39, 0.29) is 6.54 Å². The zero-order chi connectivity index (χ0) is 22.8. The molecule has 32 heavy (non-hydrogen) atoms. The molecule has 0 radical (unpaired) electrons. The van der Waals surface area contributed by atoms with Crippen molar-refractivity contribution >= 4 is 22.9 Å². The average molecular weight is 453 g/mol. The van der Waals surface area contributed by atoms with Crippen LogP contribution in [0.1, 0.15) is 55.5 Å². The van der Waals surface area contributed by atoms with Gasteiger partial charge in [0.05, 0.1) is 12.2 Å². The summed E-state index contributed by atoms with van der Waals surface area (Å²) < 4.78 is 27.4. The van der Waals surface area contributed by atoms with Crippen LogP contribution in [0.5, 0.6) is 0 Å². The number of hydrogen-bond donors (Lipinski definition) is 1. The van der Waals surface area contributed by atoms with Crippen molar-refractivity contribution in [3.05, 3.63) is 71.5 Å². The minimum absolute atomic E-state index is 0.230. The number of carboxylic acids is 1. The number of rotatable bonds is 7. The van der Waals surface area contributed by atoms with Gasteiger partial charge < -0.3 is 9.66 Å². The molecule has 4 rings (SSSR count). The molecule has 2 unspecified atom stereocenters. The molecule has 0 aliphatic heterocycles. The smallest absolute Gasteiger partial charge is 0.325 e. The fourth-order valence-electron chi connectivity index (χ4n) is 4.35. The molecule has 7 nitrogen and oxygen atoms in total. The molecule has 1 heterocycles. The molecule has 1 N–H and O–H groups in total. The molecule has 0 saturated carbocycles. The standard InChI is InChI=1S/C24H27N3O4S/c1-16(2)18-5-3-6-19(13-18)17-9-11-20(12-10-17)27(32(30)31)23-8-4-7-22-21(23)14-25-26(22)15-24(28)29/h3,5-6,9-14,16,23H,4,7-8,15H2,1-2H3,(H,28,29)(H,30,31)/p-1. The van der Waals surface area contributed by atoms with Crippen LogP contribution in [0, 0.1) is 0 Å².